The Bertz CT molecular complexity index is 425. The minimum absolute atomic E-state index is 0.128. The number of amides is 1. The predicted octanol–water partition coefficient (Wildman–Crippen LogP) is 1.28. The predicted molar refractivity (Wildman–Crippen MR) is 64.6 cm³/mol. The summed E-state index contributed by atoms with van der Waals surface area (Å²) >= 11 is 0. The first kappa shape index (κ1) is 14.4. The molecule has 0 radical (unpaired) electrons. The SMILES string of the molecule is Cc1ccc(C(=O)N(CCO)CC(F)F)cc1N. The number of rotatable bonds is 5. The van der Waals surface area contributed by atoms with Crippen molar-refractivity contribution in [1.82, 2.24) is 4.90 Å². The summed E-state index contributed by atoms with van der Waals surface area (Å²) in [7, 11) is 0. The summed E-state index contributed by atoms with van der Waals surface area (Å²) < 4.78 is 24.7. The van der Waals surface area contributed by atoms with Gasteiger partial charge in [0.2, 0.25) is 0 Å². The lowest BCUT2D eigenvalue weighted by molar-refractivity contribution is 0.0509. The standard InChI is InChI=1S/C12H16F2N2O2/c1-8-2-3-9(6-10(8)15)12(18)16(4-5-17)7-11(13)14/h2-3,6,11,17H,4-5,7,15H2,1H3. The monoisotopic (exact) mass is 258 g/mol. The number of benzene rings is 1. The average molecular weight is 258 g/mol. The smallest absolute Gasteiger partial charge is 0.255 e. The summed E-state index contributed by atoms with van der Waals surface area (Å²) in [5.74, 6) is -0.559. The topological polar surface area (TPSA) is 66.6 Å². The van der Waals surface area contributed by atoms with Gasteiger partial charge in [-0.1, -0.05) is 6.07 Å². The third kappa shape index (κ3) is 3.66. The molecule has 1 amide bonds. The minimum atomic E-state index is -2.64. The maximum atomic E-state index is 12.3. The second kappa shape index (κ2) is 6.30. The zero-order chi connectivity index (χ0) is 13.7. The lowest BCUT2D eigenvalue weighted by Crippen LogP contribution is -2.37. The summed E-state index contributed by atoms with van der Waals surface area (Å²) in [4.78, 5) is 12.9. The fraction of sp³-hybridized carbons (Fsp3) is 0.417. The number of carbonyl (C=O) groups excluding carboxylic acids is 1. The second-order valence-corrected chi connectivity index (χ2v) is 3.94. The van der Waals surface area contributed by atoms with E-state index < -0.39 is 18.9 Å². The van der Waals surface area contributed by atoms with Crippen LogP contribution in [0.2, 0.25) is 0 Å². The van der Waals surface area contributed by atoms with Gasteiger partial charge in [-0.3, -0.25) is 4.79 Å². The van der Waals surface area contributed by atoms with E-state index >= 15 is 0 Å². The van der Waals surface area contributed by atoms with Crippen LogP contribution in [0.5, 0.6) is 0 Å². The molecule has 0 atom stereocenters. The van der Waals surface area contributed by atoms with E-state index in [1.807, 2.05) is 0 Å². The number of nitrogens with two attached hydrogens (primary N) is 1. The molecule has 1 aromatic rings. The van der Waals surface area contributed by atoms with Crippen LogP contribution >= 0.6 is 0 Å². The van der Waals surface area contributed by atoms with E-state index in [2.05, 4.69) is 0 Å². The van der Waals surface area contributed by atoms with Gasteiger partial charge in [0.1, 0.15) is 0 Å². The molecular weight excluding hydrogens is 242 g/mol. The van der Waals surface area contributed by atoms with Crippen molar-refractivity contribution in [2.75, 3.05) is 25.4 Å². The molecule has 0 fully saturated rings. The van der Waals surface area contributed by atoms with Crippen LogP contribution < -0.4 is 5.73 Å². The zero-order valence-corrected chi connectivity index (χ0v) is 10.1. The van der Waals surface area contributed by atoms with Crippen molar-refractivity contribution in [3.63, 3.8) is 0 Å². The molecule has 6 heteroatoms. The number of alkyl halides is 2. The van der Waals surface area contributed by atoms with Gasteiger partial charge >= 0.3 is 0 Å². The van der Waals surface area contributed by atoms with Crippen LogP contribution in [0.4, 0.5) is 14.5 Å². The molecule has 0 aliphatic rings. The summed E-state index contributed by atoms with van der Waals surface area (Å²) in [6.45, 7) is 0.595. The molecule has 0 unspecified atom stereocenters. The molecule has 1 rings (SSSR count). The van der Waals surface area contributed by atoms with Crippen LogP contribution in [0.15, 0.2) is 18.2 Å². The van der Waals surface area contributed by atoms with E-state index in [0.29, 0.717) is 5.69 Å². The van der Waals surface area contributed by atoms with E-state index in [0.717, 1.165) is 10.5 Å². The maximum absolute atomic E-state index is 12.3. The van der Waals surface area contributed by atoms with Crippen LogP contribution in [0.25, 0.3) is 0 Å². The molecule has 0 saturated heterocycles. The first-order valence-corrected chi connectivity index (χ1v) is 5.50. The van der Waals surface area contributed by atoms with Crippen molar-refractivity contribution >= 4 is 11.6 Å². The van der Waals surface area contributed by atoms with Gasteiger partial charge in [0, 0.05) is 17.8 Å². The lowest BCUT2D eigenvalue weighted by Gasteiger charge is -2.21. The quantitative estimate of drug-likeness (QED) is 0.782. The third-order valence-corrected chi connectivity index (χ3v) is 2.54. The molecule has 100 valence electrons. The van der Waals surface area contributed by atoms with E-state index in [9.17, 15) is 13.6 Å². The molecule has 0 spiro atoms. The highest BCUT2D eigenvalue weighted by molar-refractivity contribution is 5.95. The Hall–Kier alpha value is -1.69. The van der Waals surface area contributed by atoms with Crippen LogP contribution in [0, 0.1) is 6.92 Å². The Balaban J connectivity index is 2.90. The molecule has 4 nitrogen and oxygen atoms in total. The minimum Gasteiger partial charge on any atom is -0.398 e. The van der Waals surface area contributed by atoms with Crippen LogP contribution in [-0.2, 0) is 0 Å². The zero-order valence-electron chi connectivity index (χ0n) is 10.1. The van der Waals surface area contributed by atoms with Gasteiger partial charge in [-0.05, 0) is 24.6 Å². The highest BCUT2D eigenvalue weighted by atomic mass is 19.3. The number of aliphatic hydroxyl groups excluding tert-OH is 1. The van der Waals surface area contributed by atoms with Crippen molar-refractivity contribution in [3.8, 4) is 0 Å². The Morgan fingerprint density at radius 3 is 2.67 bits per heavy atom. The van der Waals surface area contributed by atoms with Gasteiger partial charge in [-0.2, -0.15) is 0 Å². The number of carbonyl (C=O) groups is 1. The summed E-state index contributed by atoms with van der Waals surface area (Å²) in [5, 5.41) is 8.78. The fourth-order valence-corrected chi connectivity index (χ4v) is 1.52. The Kier molecular flexibility index (Phi) is 5.03. The molecule has 3 N–H and O–H groups in total. The Morgan fingerprint density at radius 2 is 2.17 bits per heavy atom. The molecule has 1 aromatic carbocycles. The molecule has 18 heavy (non-hydrogen) atoms. The van der Waals surface area contributed by atoms with Crippen molar-refractivity contribution in [2.24, 2.45) is 0 Å². The van der Waals surface area contributed by atoms with Gasteiger partial charge in [0.05, 0.1) is 13.2 Å². The van der Waals surface area contributed by atoms with Crippen LogP contribution in [-0.4, -0.2) is 42.0 Å². The number of anilines is 1. The molecular formula is C12H16F2N2O2. The summed E-state index contributed by atoms with van der Waals surface area (Å²) in [5.41, 5.74) is 7.15. The van der Waals surface area contributed by atoms with Crippen LogP contribution in [0.1, 0.15) is 15.9 Å². The van der Waals surface area contributed by atoms with Crippen LogP contribution in [0.3, 0.4) is 0 Å². The molecule has 0 saturated carbocycles. The number of aliphatic hydroxyl groups is 1. The molecule has 0 aromatic heterocycles. The maximum Gasteiger partial charge on any atom is 0.255 e. The first-order valence-electron chi connectivity index (χ1n) is 5.50. The highest BCUT2D eigenvalue weighted by Gasteiger charge is 2.19. The lowest BCUT2D eigenvalue weighted by atomic mass is 10.1. The van der Waals surface area contributed by atoms with Crippen molar-refractivity contribution in [3.05, 3.63) is 29.3 Å². The summed E-state index contributed by atoms with van der Waals surface area (Å²) in [6.07, 6.45) is -2.64. The largest absolute Gasteiger partial charge is 0.398 e. The number of aryl methyl sites for hydroxylation is 1. The van der Waals surface area contributed by atoms with E-state index in [4.69, 9.17) is 10.8 Å². The van der Waals surface area contributed by atoms with Gasteiger partial charge in [0.15, 0.2) is 0 Å². The van der Waals surface area contributed by atoms with Crippen molar-refractivity contribution in [1.29, 1.82) is 0 Å². The number of nitrogens with zero attached hydrogens (tertiary/aromatic N) is 1. The van der Waals surface area contributed by atoms with E-state index in [-0.39, 0.29) is 18.7 Å². The van der Waals surface area contributed by atoms with E-state index in [1.54, 1.807) is 13.0 Å². The fourth-order valence-electron chi connectivity index (χ4n) is 1.52. The highest BCUT2D eigenvalue weighted by Crippen LogP contribution is 2.15. The third-order valence-electron chi connectivity index (χ3n) is 2.54. The second-order valence-electron chi connectivity index (χ2n) is 3.94. The number of nitrogen functional groups attached to an aromatic ring is 1. The first-order chi connectivity index (χ1) is 8.45. The molecule has 0 bridgehead atoms. The summed E-state index contributed by atoms with van der Waals surface area (Å²) in [6, 6.07) is 4.64. The van der Waals surface area contributed by atoms with Gasteiger partial charge in [-0.25, -0.2) is 8.78 Å². The number of halogens is 2. The number of hydrogen-bond donors (Lipinski definition) is 2. The number of hydrogen-bond acceptors (Lipinski definition) is 3. The van der Waals surface area contributed by atoms with Crippen molar-refractivity contribution < 1.29 is 18.7 Å². The van der Waals surface area contributed by atoms with Gasteiger partial charge < -0.3 is 15.7 Å². The molecule has 0 heterocycles. The van der Waals surface area contributed by atoms with Gasteiger partial charge in [-0.15, -0.1) is 0 Å². The van der Waals surface area contributed by atoms with Crippen molar-refractivity contribution in [2.45, 2.75) is 13.3 Å². The Morgan fingerprint density at radius 1 is 1.50 bits per heavy atom. The van der Waals surface area contributed by atoms with E-state index in [1.165, 1.54) is 12.1 Å². The Labute approximate surface area is 104 Å². The average Bonchev–Trinajstić information content (AvgIpc) is 2.31. The normalized spacial score (nSPS) is 10.7. The molecule has 0 aliphatic carbocycles. The van der Waals surface area contributed by atoms with Gasteiger partial charge in [0.25, 0.3) is 12.3 Å². The molecule has 0 aliphatic heterocycles.